The molecule has 0 fully saturated rings. The predicted molar refractivity (Wildman–Crippen MR) is 102 cm³/mol. The third-order valence-corrected chi connectivity index (χ3v) is 5.88. The van der Waals surface area contributed by atoms with E-state index in [2.05, 4.69) is 10.0 Å². The Hall–Kier alpha value is -2.22. The van der Waals surface area contributed by atoms with E-state index in [9.17, 15) is 21.6 Å². The monoisotopic (exact) mass is 400 g/mol. The minimum absolute atomic E-state index is 0.242. The standard InChI is InChI=1S/C19H23F3N2O2S/c1-4-15-11-17(9-10-18(15)19(20,21)22)23-12-14-5-7-16(8-6-14)24-27(25,26)13(2)3/h5-11,13,23-24H,4,12H2,1-3H3. The molecule has 0 spiro atoms. The number of nitrogens with one attached hydrogen (secondary N) is 2. The molecule has 0 aromatic heterocycles. The SMILES string of the molecule is CCc1cc(NCc2ccc(NS(=O)(=O)C(C)C)cc2)ccc1C(F)(F)F. The summed E-state index contributed by atoms with van der Waals surface area (Å²) in [4.78, 5) is 0. The molecule has 0 radical (unpaired) electrons. The van der Waals surface area contributed by atoms with Crippen LogP contribution in [0.4, 0.5) is 24.5 Å². The lowest BCUT2D eigenvalue weighted by Gasteiger charge is -2.15. The molecule has 0 unspecified atom stereocenters. The van der Waals surface area contributed by atoms with Gasteiger partial charge in [0.2, 0.25) is 10.0 Å². The van der Waals surface area contributed by atoms with Gasteiger partial charge in [0.15, 0.2) is 0 Å². The molecule has 0 saturated heterocycles. The van der Waals surface area contributed by atoms with Crippen LogP contribution in [0.3, 0.4) is 0 Å². The van der Waals surface area contributed by atoms with E-state index in [1.54, 1.807) is 45.0 Å². The molecule has 4 nitrogen and oxygen atoms in total. The lowest BCUT2D eigenvalue weighted by molar-refractivity contribution is -0.138. The third kappa shape index (κ3) is 5.63. The van der Waals surface area contributed by atoms with Crippen LogP contribution in [0.1, 0.15) is 37.5 Å². The number of hydrogen-bond acceptors (Lipinski definition) is 3. The minimum Gasteiger partial charge on any atom is -0.381 e. The second-order valence-corrected chi connectivity index (χ2v) is 8.71. The summed E-state index contributed by atoms with van der Waals surface area (Å²) in [7, 11) is -3.40. The van der Waals surface area contributed by atoms with Crippen molar-refractivity contribution in [3.05, 3.63) is 59.2 Å². The van der Waals surface area contributed by atoms with Crippen molar-refractivity contribution in [2.75, 3.05) is 10.0 Å². The van der Waals surface area contributed by atoms with Crippen LogP contribution < -0.4 is 10.0 Å². The number of sulfonamides is 1. The number of alkyl halides is 3. The molecule has 0 aliphatic heterocycles. The quantitative estimate of drug-likeness (QED) is 0.685. The Morgan fingerprint density at radius 1 is 1.00 bits per heavy atom. The number of halogens is 3. The van der Waals surface area contributed by atoms with Gasteiger partial charge in [-0.05, 0) is 61.7 Å². The summed E-state index contributed by atoms with van der Waals surface area (Å²) >= 11 is 0. The van der Waals surface area contributed by atoms with E-state index < -0.39 is 27.0 Å². The minimum atomic E-state index is -4.36. The number of rotatable bonds is 7. The lowest BCUT2D eigenvalue weighted by Crippen LogP contribution is -2.22. The fourth-order valence-electron chi connectivity index (χ4n) is 2.45. The van der Waals surface area contributed by atoms with Crippen molar-refractivity contribution in [2.24, 2.45) is 0 Å². The first-order valence-corrected chi connectivity index (χ1v) is 10.1. The molecule has 27 heavy (non-hydrogen) atoms. The molecule has 0 aliphatic rings. The maximum Gasteiger partial charge on any atom is 0.416 e. The van der Waals surface area contributed by atoms with E-state index >= 15 is 0 Å². The molecule has 148 valence electrons. The first kappa shape index (κ1) is 21.1. The van der Waals surface area contributed by atoms with Crippen molar-refractivity contribution in [1.82, 2.24) is 0 Å². The van der Waals surface area contributed by atoms with Gasteiger partial charge in [0.1, 0.15) is 0 Å². The molecule has 2 aromatic rings. The smallest absolute Gasteiger partial charge is 0.381 e. The fourth-order valence-corrected chi connectivity index (χ4v) is 3.15. The maximum absolute atomic E-state index is 13.0. The molecule has 0 atom stereocenters. The largest absolute Gasteiger partial charge is 0.416 e. The van der Waals surface area contributed by atoms with Crippen LogP contribution in [0.2, 0.25) is 0 Å². The zero-order chi connectivity index (χ0) is 20.2. The summed E-state index contributed by atoms with van der Waals surface area (Å²) in [5, 5.41) is 2.56. The van der Waals surface area contributed by atoms with Crippen LogP contribution in [0.5, 0.6) is 0 Å². The van der Waals surface area contributed by atoms with Crippen molar-refractivity contribution in [2.45, 2.75) is 45.2 Å². The molecule has 2 rings (SSSR count). The van der Waals surface area contributed by atoms with Crippen LogP contribution in [0.15, 0.2) is 42.5 Å². The van der Waals surface area contributed by atoms with E-state index in [0.29, 0.717) is 17.9 Å². The topological polar surface area (TPSA) is 58.2 Å². The van der Waals surface area contributed by atoms with E-state index in [1.165, 1.54) is 12.1 Å². The van der Waals surface area contributed by atoms with Gasteiger partial charge in [-0.1, -0.05) is 19.1 Å². The van der Waals surface area contributed by atoms with Crippen molar-refractivity contribution in [1.29, 1.82) is 0 Å². The Labute approximate surface area is 157 Å². The second kappa shape index (κ2) is 8.21. The van der Waals surface area contributed by atoms with Crippen molar-refractivity contribution >= 4 is 21.4 Å². The highest BCUT2D eigenvalue weighted by atomic mass is 32.2. The van der Waals surface area contributed by atoms with Gasteiger partial charge >= 0.3 is 6.18 Å². The highest BCUT2D eigenvalue weighted by molar-refractivity contribution is 7.93. The van der Waals surface area contributed by atoms with Gasteiger partial charge in [-0.2, -0.15) is 13.2 Å². The van der Waals surface area contributed by atoms with Gasteiger partial charge < -0.3 is 5.32 Å². The van der Waals surface area contributed by atoms with Gasteiger partial charge in [0.05, 0.1) is 10.8 Å². The molecule has 0 saturated carbocycles. The second-order valence-electron chi connectivity index (χ2n) is 6.47. The van der Waals surface area contributed by atoms with E-state index in [4.69, 9.17) is 0 Å². The van der Waals surface area contributed by atoms with E-state index in [-0.39, 0.29) is 12.0 Å². The normalized spacial score (nSPS) is 12.3. The Morgan fingerprint density at radius 3 is 2.11 bits per heavy atom. The van der Waals surface area contributed by atoms with Crippen molar-refractivity contribution in [3.8, 4) is 0 Å². The van der Waals surface area contributed by atoms with Crippen LogP contribution in [0, 0.1) is 0 Å². The molecule has 0 aliphatic carbocycles. The number of aryl methyl sites for hydroxylation is 1. The van der Waals surface area contributed by atoms with Crippen LogP contribution in [0.25, 0.3) is 0 Å². The number of hydrogen-bond donors (Lipinski definition) is 2. The summed E-state index contributed by atoms with van der Waals surface area (Å²) in [5.41, 5.74) is 1.57. The number of benzene rings is 2. The highest BCUT2D eigenvalue weighted by Gasteiger charge is 2.32. The first-order chi connectivity index (χ1) is 12.5. The van der Waals surface area contributed by atoms with Crippen LogP contribution >= 0.6 is 0 Å². The lowest BCUT2D eigenvalue weighted by atomic mass is 10.0. The maximum atomic E-state index is 13.0. The molecule has 0 bridgehead atoms. The summed E-state index contributed by atoms with van der Waals surface area (Å²) in [5.74, 6) is 0. The van der Waals surface area contributed by atoms with Gasteiger partial charge in [0, 0.05) is 17.9 Å². The van der Waals surface area contributed by atoms with E-state index in [0.717, 1.165) is 11.6 Å². The Bertz CT molecular complexity index is 877. The predicted octanol–water partition coefficient (Wildman–Crippen LogP) is 5.03. The first-order valence-electron chi connectivity index (χ1n) is 8.57. The van der Waals surface area contributed by atoms with E-state index in [1.807, 2.05) is 0 Å². The molecule has 2 N–H and O–H groups in total. The molecule has 8 heteroatoms. The molecule has 0 amide bonds. The Balaban J connectivity index is 2.05. The molecular weight excluding hydrogens is 377 g/mol. The zero-order valence-corrected chi connectivity index (χ0v) is 16.2. The molecule has 0 heterocycles. The summed E-state index contributed by atoms with van der Waals surface area (Å²) in [6.07, 6.45) is -4.07. The average molecular weight is 400 g/mol. The van der Waals surface area contributed by atoms with Gasteiger partial charge in [-0.15, -0.1) is 0 Å². The number of anilines is 2. The summed E-state index contributed by atoms with van der Waals surface area (Å²) < 4.78 is 65.1. The zero-order valence-electron chi connectivity index (χ0n) is 15.4. The summed E-state index contributed by atoms with van der Waals surface area (Å²) in [6.45, 7) is 5.28. The Kier molecular flexibility index (Phi) is 6.41. The van der Waals surface area contributed by atoms with Crippen molar-refractivity contribution < 1.29 is 21.6 Å². The van der Waals surface area contributed by atoms with Crippen molar-refractivity contribution in [3.63, 3.8) is 0 Å². The highest BCUT2D eigenvalue weighted by Crippen LogP contribution is 2.33. The van der Waals surface area contributed by atoms with Crippen LogP contribution in [-0.2, 0) is 29.2 Å². The average Bonchev–Trinajstić information content (AvgIpc) is 2.59. The summed E-state index contributed by atoms with van der Waals surface area (Å²) in [6, 6.07) is 10.8. The molecule has 2 aromatic carbocycles. The van der Waals surface area contributed by atoms with Gasteiger partial charge in [0.25, 0.3) is 0 Å². The third-order valence-electron chi connectivity index (χ3n) is 4.12. The fraction of sp³-hybridized carbons (Fsp3) is 0.368. The Morgan fingerprint density at radius 2 is 1.59 bits per heavy atom. The van der Waals surface area contributed by atoms with Gasteiger partial charge in [-0.25, -0.2) is 8.42 Å². The van der Waals surface area contributed by atoms with Gasteiger partial charge in [-0.3, -0.25) is 4.72 Å². The van der Waals surface area contributed by atoms with Crippen LogP contribution in [-0.4, -0.2) is 13.7 Å². The molecular formula is C19H23F3N2O2S.